The monoisotopic (exact) mass is 319 g/mol. The fourth-order valence-corrected chi connectivity index (χ4v) is 3.38. The lowest BCUT2D eigenvalue weighted by Gasteiger charge is -2.34. The largest absolute Gasteiger partial charge is 0.409 e. The molecule has 1 aliphatic carbocycles. The van der Waals surface area contributed by atoms with Gasteiger partial charge >= 0.3 is 0 Å². The predicted octanol–water partition coefficient (Wildman–Crippen LogP) is 0.576. The van der Waals surface area contributed by atoms with Gasteiger partial charge in [0.1, 0.15) is 15.3 Å². The number of amides is 1. The molecular formula is C13H25N3O4S. The first-order chi connectivity index (χ1) is 9.73. The molecule has 8 heteroatoms. The molecule has 0 aromatic heterocycles. The molecule has 0 heterocycles. The number of sulfone groups is 1. The van der Waals surface area contributed by atoms with E-state index in [4.69, 9.17) is 10.9 Å². The van der Waals surface area contributed by atoms with Gasteiger partial charge in [0.2, 0.25) is 5.91 Å². The van der Waals surface area contributed by atoms with Crippen LogP contribution in [0.5, 0.6) is 0 Å². The van der Waals surface area contributed by atoms with Crippen molar-refractivity contribution in [3.8, 4) is 0 Å². The van der Waals surface area contributed by atoms with Crippen molar-refractivity contribution in [2.45, 2.75) is 38.5 Å². The predicted molar refractivity (Wildman–Crippen MR) is 80.9 cm³/mol. The zero-order valence-electron chi connectivity index (χ0n) is 12.7. The number of carbonyl (C=O) groups excluding carboxylic acids is 1. The maximum atomic E-state index is 12.7. The molecular weight excluding hydrogens is 294 g/mol. The molecule has 0 radical (unpaired) electrons. The smallest absolute Gasteiger partial charge is 0.236 e. The lowest BCUT2D eigenvalue weighted by atomic mass is 9.78. The summed E-state index contributed by atoms with van der Waals surface area (Å²) >= 11 is 0. The lowest BCUT2D eigenvalue weighted by Crippen LogP contribution is -2.51. The number of oxime groups is 1. The van der Waals surface area contributed by atoms with Gasteiger partial charge in [-0.1, -0.05) is 30.8 Å². The summed E-state index contributed by atoms with van der Waals surface area (Å²) in [5, 5.41) is 12.1. The summed E-state index contributed by atoms with van der Waals surface area (Å²) in [6, 6.07) is 0. The van der Waals surface area contributed by atoms with Gasteiger partial charge in [-0.15, -0.1) is 0 Å². The first kappa shape index (κ1) is 17.7. The van der Waals surface area contributed by atoms with E-state index >= 15 is 0 Å². The van der Waals surface area contributed by atoms with Crippen molar-refractivity contribution in [2.24, 2.45) is 16.3 Å². The summed E-state index contributed by atoms with van der Waals surface area (Å²) in [5.41, 5.74) is 4.80. The minimum absolute atomic E-state index is 0.0689. The molecule has 122 valence electrons. The van der Waals surface area contributed by atoms with E-state index in [1.54, 1.807) is 7.05 Å². The topological polar surface area (TPSA) is 113 Å². The average Bonchev–Trinajstić information content (AvgIpc) is 2.68. The van der Waals surface area contributed by atoms with E-state index in [1.165, 1.54) is 4.90 Å². The van der Waals surface area contributed by atoms with Crippen LogP contribution in [0.1, 0.15) is 38.5 Å². The van der Waals surface area contributed by atoms with Crippen molar-refractivity contribution in [1.82, 2.24) is 4.90 Å². The minimum atomic E-state index is -3.14. The highest BCUT2D eigenvalue weighted by atomic mass is 32.2. The van der Waals surface area contributed by atoms with Crippen LogP contribution in [0.25, 0.3) is 0 Å². The van der Waals surface area contributed by atoms with Gasteiger partial charge in [0.05, 0.1) is 5.75 Å². The summed E-state index contributed by atoms with van der Waals surface area (Å²) < 4.78 is 22.5. The maximum Gasteiger partial charge on any atom is 0.236 e. The Balaban J connectivity index is 2.94. The SMILES string of the molecule is CN(CCS(C)(=O)=O)C(=O)C1(C(N)=NO)CCCCCC1. The van der Waals surface area contributed by atoms with Gasteiger partial charge in [-0.05, 0) is 12.8 Å². The molecule has 0 unspecified atom stereocenters. The third kappa shape index (κ3) is 4.59. The normalized spacial score (nSPS) is 19.8. The van der Waals surface area contributed by atoms with Crippen molar-refractivity contribution < 1.29 is 18.4 Å². The van der Waals surface area contributed by atoms with Crippen molar-refractivity contribution in [3.05, 3.63) is 0 Å². The number of nitrogens with zero attached hydrogens (tertiary/aromatic N) is 2. The quantitative estimate of drug-likeness (QED) is 0.253. The second-order valence-electron chi connectivity index (χ2n) is 5.84. The zero-order chi connectivity index (χ0) is 16.1. The first-order valence-corrected chi connectivity index (χ1v) is 9.20. The van der Waals surface area contributed by atoms with Crippen LogP contribution in [0.15, 0.2) is 5.16 Å². The second kappa shape index (κ2) is 7.11. The molecule has 0 aromatic carbocycles. The van der Waals surface area contributed by atoms with Gasteiger partial charge < -0.3 is 15.8 Å². The number of hydrogen-bond acceptors (Lipinski definition) is 5. The standard InChI is InChI=1S/C13H25N3O4S/c1-16(9-10-21(2,19)20)12(17)13(11(14)15-18)7-5-3-4-6-8-13/h18H,3-10H2,1-2H3,(H2,14,15). The van der Waals surface area contributed by atoms with Crippen LogP contribution < -0.4 is 5.73 Å². The van der Waals surface area contributed by atoms with Crippen LogP contribution in [0.4, 0.5) is 0 Å². The van der Waals surface area contributed by atoms with Crippen LogP contribution in [0.3, 0.4) is 0 Å². The highest BCUT2D eigenvalue weighted by molar-refractivity contribution is 7.90. The van der Waals surface area contributed by atoms with Crippen LogP contribution in [0.2, 0.25) is 0 Å². The fourth-order valence-electron chi connectivity index (χ4n) is 2.78. The van der Waals surface area contributed by atoms with Crippen molar-refractivity contribution in [2.75, 3.05) is 25.6 Å². The Morgan fingerprint density at radius 1 is 1.29 bits per heavy atom. The molecule has 1 amide bonds. The molecule has 21 heavy (non-hydrogen) atoms. The lowest BCUT2D eigenvalue weighted by molar-refractivity contribution is -0.137. The summed E-state index contributed by atoms with van der Waals surface area (Å²) in [7, 11) is -1.58. The Bertz CT molecular complexity index is 494. The van der Waals surface area contributed by atoms with Gasteiger partial charge in [-0.25, -0.2) is 8.42 Å². The molecule has 1 aliphatic rings. The van der Waals surface area contributed by atoms with Crippen molar-refractivity contribution >= 4 is 21.6 Å². The molecule has 1 fully saturated rings. The van der Waals surface area contributed by atoms with E-state index in [1.807, 2.05) is 0 Å². The molecule has 0 atom stereocenters. The van der Waals surface area contributed by atoms with Gasteiger partial charge in [0, 0.05) is 19.8 Å². The highest BCUT2D eigenvalue weighted by Crippen LogP contribution is 2.37. The van der Waals surface area contributed by atoms with Crippen molar-refractivity contribution in [3.63, 3.8) is 0 Å². The first-order valence-electron chi connectivity index (χ1n) is 7.14. The van der Waals surface area contributed by atoms with Crippen molar-refractivity contribution in [1.29, 1.82) is 0 Å². The van der Waals surface area contributed by atoms with E-state index in [0.29, 0.717) is 12.8 Å². The summed E-state index contributed by atoms with van der Waals surface area (Å²) in [6.07, 6.45) is 5.90. The number of hydrogen-bond donors (Lipinski definition) is 2. The Hall–Kier alpha value is -1.31. The maximum absolute atomic E-state index is 12.7. The molecule has 1 rings (SSSR count). The third-order valence-electron chi connectivity index (χ3n) is 4.11. The molecule has 0 aliphatic heterocycles. The summed E-state index contributed by atoms with van der Waals surface area (Å²) in [5.74, 6) is -0.425. The molecule has 0 bridgehead atoms. The van der Waals surface area contributed by atoms with Crippen LogP contribution in [0, 0.1) is 5.41 Å². The molecule has 3 N–H and O–H groups in total. The number of amidine groups is 1. The van der Waals surface area contributed by atoms with Gasteiger partial charge in [-0.3, -0.25) is 4.79 Å². The fraction of sp³-hybridized carbons (Fsp3) is 0.846. The summed E-state index contributed by atoms with van der Waals surface area (Å²) in [6.45, 7) is 0.109. The van der Waals surface area contributed by atoms with E-state index in [-0.39, 0.29) is 24.0 Å². The van der Waals surface area contributed by atoms with Gasteiger partial charge in [0.25, 0.3) is 0 Å². The Labute approximate surface area is 126 Å². The number of nitrogens with two attached hydrogens (primary N) is 1. The second-order valence-corrected chi connectivity index (χ2v) is 8.10. The third-order valence-corrected chi connectivity index (χ3v) is 5.03. The molecule has 1 saturated carbocycles. The van der Waals surface area contributed by atoms with Crippen LogP contribution >= 0.6 is 0 Å². The number of rotatable bonds is 5. The Morgan fingerprint density at radius 3 is 2.24 bits per heavy atom. The molecule has 7 nitrogen and oxygen atoms in total. The van der Waals surface area contributed by atoms with Gasteiger partial charge in [-0.2, -0.15) is 0 Å². The van der Waals surface area contributed by atoms with E-state index in [2.05, 4.69) is 5.16 Å². The minimum Gasteiger partial charge on any atom is -0.409 e. The number of carbonyl (C=O) groups is 1. The molecule has 0 spiro atoms. The van der Waals surface area contributed by atoms with E-state index < -0.39 is 15.3 Å². The van der Waals surface area contributed by atoms with E-state index in [9.17, 15) is 13.2 Å². The molecule has 0 saturated heterocycles. The van der Waals surface area contributed by atoms with E-state index in [0.717, 1.165) is 31.9 Å². The molecule has 0 aromatic rings. The average molecular weight is 319 g/mol. The Morgan fingerprint density at radius 2 is 1.81 bits per heavy atom. The zero-order valence-corrected chi connectivity index (χ0v) is 13.5. The highest BCUT2D eigenvalue weighted by Gasteiger charge is 2.44. The van der Waals surface area contributed by atoms with Crippen LogP contribution in [-0.2, 0) is 14.6 Å². The van der Waals surface area contributed by atoms with Crippen LogP contribution in [-0.4, -0.2) is 55.9 Å². The Kier molecular flexibility index (Phi) is 6.00. The summed E-state index contributed by atoms with van der Waals surface area (Å²) in [4.78, 5) is 14.1. The van der Waals surface area contributed by atoms with Gasteiger partial charge in [0.15, 0.2) is 5.84 Å².